The van der Waals surface area contributed by atoms with Gasteiger partial charge in [-0.3, -0.25) is 4.79 Å². The lowest BCUT2D eigenvalue weighted by molar-refractivity contribution is -0.151. The van der Waals surface area contributed by atoms with E-state index in [-0.39, 0.29) is 36.3 Å². The Kier molecular flexibility index (Phi) is 8.70. The van der Waals surface area contributed by atoms with Crippen LogP contribution in [-0.2, 0) is 21.4 Å². The van der Waals surface area contributed by atoms with Crippen molar-refractivity contribution in [2.24, 2.45) is 11.8 Å². The number of hydrogen-bond donors (Lipinski definition) is 1. The molecular weight excluding hydrogens is 552 g/mol. The molecule has 4 atom stereocenters. The summed E-state index contributed by atoms with van der Waals surface area (Å²) in [5.41, 5.74) is 0.424. The Hall–Kier alpha value is -3.24. The number of rotatable bonds is 9. The number of carbonyl (C=O) groups is 1. The molecule has 1 saturated heterocycles. The lowest BCUT2D eigenvalue weighted by Crippen LogP contribution is -2.48. The molecule has 1 N–H and O–H groups in total. The van der Waals surface area contributed by atoms with Crippen LogP contribution >= 0.6 is 0 Å². The highest BCUT2D eigenvalue weighted by atomic mass is 32.2. The van der Waals surface area contributed by atoms with E-state index in [1.54, 1.807) is 6.92 Å². The van der Waals surface area contributed by atoms with E-state index in [0.29, 0.717) is 24.4 Å². The van der Waals surface area contributed by atoms with Crippen molar-refractivity contribution >= 4 is 15.9 Å². The maximum Gasteiger partial charge on any atom is 0.392 e. The average molecular weight is 583 g/mol. The molecule has 2 aliphatic carbocycles. The van der Waals surface area contributed by atoms with E-state index in [0.717, 1.165) is 29.3 Å². The highest BCUT2D eigenvalue weighted by Gasteiger charge is 2.56. The molecule has 1 amide bonds. The zero-order valence-electron chi connectivity index (χ0n) is 21.8. The maximum absolute atomic E-state index is 13.3. The first kappa shape index (κ1) is 29.7. The van der Waals surface area contributed by atoms with Gasteiger partial charge in [0.1, 0.15) is 17.7 Å². The van der Waals surface area contributed by atoms with Crippen molar-refractivity contribution in [3.63, 3.8) is 0 Å². The second-order valence-corrected chi connectivity index (χ2v) is 12.1. The molecule has 2 heterocycles. The summed E-state index contributed by atoms with van der Waals surface area (Å²) in [6.07, 6.45) is 6.39. The van der Waals surface area contributed by atoms with Crippen LogP contribution in [-0.4, -0.2) is 53.5 Å². The summed E-state index contributed by atoms with van der Waals surface area (Å²) in [4.78, 5) is 21.8. The largest absolute Gasteiger partial charge is 0.477 e. The number of carbonyl (C=O) groups excluding carboxylic acids is 1. The molecule has 0 radical (unpaired) electrons. The Morgan fingerprint density at radius 1 is 1.12 bits per heavy atom. The topological polar surface area (TPSA) is 101 Å². The summed E-state index contributed by atoms with van der Waals surface area (Å²) < 4.78 is 85.0. The van der Waals surface area contributed by atoms with Crippen LogP contribution in [0.1, 0.15) is 56.5 Å². The molecule has 216 valence electrons. The molecule has 0 bridgehead atoms. The maximum atomic E-state index is 13.3. The van der Waals surface area contributed by atoms with Crippen LogP contribution in [0.25, 0.3) is 0 Å². The molecule has 3 fully saturated rings. The Morgan fingerprint density at radius 3 is 2.40 bits per heavy atom. The van der Waals surface area contributed by atoms with Gasteiger partial charge in [0.15, 0.2) is 0 Å². The van der Waals surface area contributed by atoms with Gasteiger partial charge < -0.3 is 10.1 Å². The molecule has 40 heavy (non-hydrogen) atoms. The van der Waals surface area contributed by atoms with Crippen LogP contribution in [0, 0.1) is 30.5 Å². The second-order valence-electron chi connectivity index (χ2n) is 10.2. The molecule has 1 aromatic heterocycles. The Bertz CT molecular complexity index is 1350. The second kappa shape index (κ2) is 11.7. The summed E-state index contributed by atoms with van der Waals surface area (Å²) >= 11 is 0. The SMILES string of the molecule is C#C.C[C@H]1CC[C@@H](C(=O)NCc2cc(OC[C@@H]3C[C@H]3C(F)(F)F)nc(C3CC3)n2)N1S(=O)(=O)c1ccc(F)cc1. The standard InChI is InChI=1S/C25H28F4N4O4S.C2H2/c1-14-2-9-21(33(14)38(35,36)19-7-5-17(26)6-8-19)24(34)30-12-18-11-22(32-23(31-18)15-3-4-15)37-13-16-10-20(16)25(27,28)29;1-2/h5-8,11,14-16,20-21H,2-4,9-10,12-13H2,1H3,(H,30,34);1-2H/t14-,16-,20+,21-;/m0./s1. The molecule has 8 nitrogen and oxygen atoms in total. The number of halogens is 4. The number of aromatic nitrogens is 2. The summed E-state index contributed by atoms with van der Waals surface area (Å²) in [7, 11) is -4.04. The number of sulfonamides is 1. The van der Waals surface area contributed by atoms with Crippen molar-refractivity contribution in [1.82, 2.24) is 19.6 Å². The lowest BCUT2D eigenvalue weighted by atomic mass is 10.2. The zero-order chi connectivity index (χ0) is 29.2. The highest BCUT2D eigenvalue weighted by molar-refractivity contribution is 7.89. The number of ether oxygens (including phenoxy) is 1. The predicted molar refractivity (Wildman–Crippen MR) is 137 cm³/mol. The summed E-state index contributed by atoms with van der Waals surface area (Å²) in [5, 5.41) is 2.74. The van der Waals surface area contributed by atoms with Gasteiger partial charge in [-0.2, -0.15) is 22.5 Å². The van der Waals surface area contributed by atoms with E-state index in [2.05, 4.69) is 28.1 Å². The minimum Gasteiger partial charge on any atom is -0.477 e. The monoisotopic (exact) mass is 582 g/mol. The van der Waals surface area contributed by atoms with E-state index < -0.39 is 51.8 Å². The minimum absolute atomic E-state index is 0.0264. The summed E-state index contributed by atoms with van der Waals surface area (Å²) in [6.45, 7) is 1.59. The first-order valence-corrected chi connectivity index (χ1v) is 14.3. The number of alkyl halides is 3. The predicted octanol–water partition coefficient (Wildman–Crippen LogP) is 4.18. The van der Waals surface area contributed by atoms with Crippen LogP contribution in [0.15, 0.2) is 35.2 Å². The number of nitrogens with one attached hydrogen (secondary N) is 1. The van der Waals surface area contributed by atoms with Crippen molar-refractivity contribution in [3.05, 3.63) is 47.7 Å². The van der Waals surface area contributed by atoms with E-state index in [4.69, 9.17) is 4.74 Å². The number of terminal acetylenes is 1. The molecule has 2 aromatic rings. The van der Waals surface area contributed by atoms with Gasteiger partial charge in [-0.05, 0) is 63.3 Å². The van der Waals surface area contributed by atoms with Gasteiger partial charge in [-0.1, -0.05) is 0 Å². The third kappa shape index (κ3) is 6.72. The molecule has 1 aliphatic heterocycles. The van der Waals surface area contributed by atoms with Crippen molar-refractivity contribution in [3.8, 4) is 18.7 Å². The molecule has 0 unspecified atom stereocenters. The molecule has 5 rings (SSSR count). The van der Waals surface area contributed by atoms with E-state index >= 15 is 0 Å². The highest BCUT2D eigenvalue weighted by Crippen LogP contribution is 2.50. The third-order valence-electron chi connectivity index (χ3n) is 7.24. The van der Waals surface area contributed by atoms with Crippen LogP contribution in [0.5, 0.6) is 5.88 Å². The molecule has 1 aromatic carbocycles. The molecule has 2 saturated carbocycles. The first-order chi connectivity index (χ1) is 18.9. The fourth-order valence-electron chi connectivity index (χ4n) is 4.84. The average Bonchev–Trinajstić information content (AvgIpc) is 3.84. The van der Waals surface area contributed by atoms with Crippen molar-refractivity contribution in [2.75, 3.05) is 6.61 Å². The Balaban J connectivity index is 0.00000181. The fourth-order valence-corrected chi connectivity index (χ4v) is 6.68. The zero-order valence-corrected chi connectivity index (χ0v) is 22.6. The van der Waals surface area contributed by atoms with E-state index in [1.165, 1.54) is 18.2 Å². The molecule has 13 heteroatoms. The third-order valence-corrected chi connectivity index (χ3v) is 9.28. The Morgan fingerprint density at radius 2 is 1.80 bits per heavy atom. The molecule has 3 aliphatic rings. The van der Waals surface area contributed by atoms with Gasteiger partial charge in [-0.25, -0.2) is 17.8 Å². The first-order valence-electron chi connectivity index (χ1n) is 12.9. The fraction of sp³-hybridized carbons (Fsp3) is 0.519. The van der Waals surface area contributed by atoms with Gasteiger partial charge in [0.05, 0.1) is 29.7 Å². The molecular formula is C27H30F4N4O4S. The van der Waals surface area contributed by atoms with Crippen LogP contribution in [0.3, 0.4) is 0 Å². The quantitative estimate of drug-likeness (QED) is 0.352. The number of hydrogen-bond acceptors (Lipinski definition) is 6. The van der Waals surface area contributed by atoms with Crippen molar-refractivity contribution in [2.45, 2.75) is 74.6 Å². The normalized spacial score (nSPS) is 24.6. The van der Waals surface area contributed by atoms with Crippen molar-refractivity contribution < 1.29 is 35.5 Å². The molecule has 0 spiro atoms. The summed E-state index contributed by atoms with van der Waals surface area (Å²) in [6, 6.07) is 4.57. The smallest absolute Gasteiger partial charge is 0.392 e. The van der Waals surface area contributed by atoms with Gasteiger partial charge in [0, 0.05) is 23.9 Å². The number of nitrogens with zero attached hydrogens (tertiary/aromatic N) is 3. The van der Waals surface area contributed by atoms with Crippen LogP contribution in [0.2, 0.25) is 0 Å². The van der Waals surface area contributed by atoms with Gasteiger partial charge >= 0.3 is 6.18 Å². The Labute approximate surface area is 230 Å². The number of amides is 1. The van der Waals surface area contributed by atoms with Crippen LogP contribution in [0.4, 0.5) is 17.6 Å². The summed E-state index contributed by atoms with van der Waals surface area (Å²) in [5.74, 6) is -2.20. The van der Waals surface area contributed by atoms with Gasteiger partial charge in [0.2, 0.25) is 21.8 Å². The number of benzene rings is 1. The van der Waals surface area contributed by atoms with E-state index in [1.807, 2.05) is 0 Å². The minimum atomic E-state index is -4.23. The lowest BCUT2D eigenvalue weighted by Gasteiger charge is -2.27. The van der Waals surface area contributed by atoms with Crippen LogP contribution < -0.4 is 10.1 Å². The van der Waals surface area contributed by atoms with E-state index in [9.17, 15) is 30.8 Å². The van der Waals surface area contributed by atoms with Gasteiger partial charge in [-0.15, -0.1) is 12.8 Å². The van der Waals surface area contributed by atoms with Gasteiger partial charge in [0.25, 0.3) is 0 Å². The van der Waals surface area contributed by atoms with Crippen molar-refractivity contribution in [1.29, 1.82) is 0 Å².